The maximum Gasteiger partial charge on any atom is 0.225 e. The van der Waals surface area contributed by atoms with Crippen LogP contribution in [-0.4, -0.2) is 31.2 Å². The summed E-state index contributed by atoms with van der Waals surface area (Å²) in [6.45, 7) is 1.93. The molecule has 6 nitrogen and oxygen atoms in total. The lowest BCUT2D eigenvalue weighted by Gasteiger charge is -2.11. The summed E-state index contributed by atoms with van der Waals surface area (Å²) >= 11 is 7.16. The zero-order valence-corrected chi connectivity index (χ0v) is 17.8. The van der Waals surface area contributed by atoms with Crippen LogP contribution in [0.25, 0.3) is 0 Å². The summed E-state index contributed by atoms with van der Waals surface area (Å²) in [6, 6.07) is 8.25. The molecule has 0 saturated carbocycles. The van der Waals surface area contributed by atoms with E-state index in [1.807, 2.05) is 6.92 Å². The number of carbonyl (C=O) groups excluding carboxylic acids is 2. The number of fused-ring (bicyclic) bond motifs is 1. The highest BCUT2D eigenvalue weighted by Gasteiger charge is 2.23. The van der Waals surface area contributed by atoms with Gasteiger partial charge in [0.15, 0.2) is 9.84 Å². The maximum absolute atomic E-state index is 13.2. The van der Waals surface area contributed by atoms with Crippen LogP contribution in [-0.2, 0) is 19.4 Å². The molecule has 1 unspecified atom stereocenters. The van der Waals surface area contributed by atoms with Crippen molar-refractivity contribution in [2.75, 3.05) is 16.4 Å². The normalized spacial score (nSPS) is 16.5. The van der Waals surface area contributed by atoms with Crippen LogP contribution in [0.2, 0.25) is 5.02 Å². The Labute approximate surface area is 177 Å². The van der Waals surface area contributed by atoms with E-state index in [1.165, 1.54) is 36.0 Å². The van der Waals surface area contributed by atoms with Crippen LogP contribution in [0.5, 0.6) is 0 Å². The number of thioether (sulfide) groups is 1. The highest BCUT2D eigenvalue weighted by Crippen LogP contribution is 2.36. The predicted octanol–water partition coefficient (Wildman–Crippen LogP) is 4.10. The van der Waals surface area contributed by atoms with Gasteiger partial charge >= 0.3 is 0 Å². The quantitative estimate of drug-likeness (QED) is 0.706. The predicted molar refractivity (Wildman–Crippen MR) is 112 cm³/mol. The first kappa shape index (κ1) is 21.6. The summed E-state index contributed by atoms with van der Waals surface area (Å²) in [5.74, 6) is -1.74. The largest absolute Gasteiger partial charge is 0.326 e. The lowest BCUT2D eigenvalue weighted by Crippen LogP contribution is -2.18. The number of amides is 2. The van der Waals surface area contributed by atoms with Gasteiger partial charge in [0.05, 0.1) is 21.4 Å². The summed E-state index contributed by atoms with van der Waals surface area (Å²) in [7, 11) is -3.75. The molecule has 0 aliphatic carbocycles. The van der Waals surface area contributed by atoms with Gasteiger partial charge in [0.2, 0.25) is 11.8 Å². The fourth-order valence-electron chi connectivity index (χ4n) is 2.77. The van der Waals surface area contributed by atoms with Crippen LogP contribution in [0.4, 0.5) is 15.8 Å². The van der Waals surface area contributed by atoms with E-state index in [9.17, 15) is 22.4 Å². The van der Waals surface area contributed by atoms with Crippen LogP contribution >= 0.6 is 23.4 Å². The summed E-state index contributed by atoms with van der Waals surface area (Å²) in [4.78, 5) is 24.8. The van der Waals surface area contributed by atoms with Crippen molar-refractivity contribution in [2.24, 2.45) is 0 Å². The molecule has 0 bridgehead atoms. The summed E-state index contributed by atoms with van der Waals surface area (Å²) < 4.78 is 38.4. The van der Waals surface area contributed by atoms with Crippen molar-refractivity contribution in [2.45, 2.75) is 34.8 Å². The van der Waals surface area contributed by atoms with Crippen molar-refractivity contribution in [1.82, 2.24) is 0 Å². The van der Waals surface area contributed by atoms with E-state index >= 15 is 0 Å². The average Bonchev–Trinajstić information content (AvgIpc) is 2.78. The number of carbonyl (C=O) groups is 2. The lowest BCUT2D eigenvalue weighted by molar-refractivity contribution is -0.116. The van der Waals surface area contributed by atoms with Gasteiger partial charge < -0.3 is 10.6 Å². The molecule has 10 heteroatoms. The summed E-state index contributed by atoms with van der Waals surface area (Å²) in [6.07, 6.45) is 0.0571. The average molecular weight is 457 g/mol. The zero-order valence-electron chi connectivity index (χ0n) is 15.4. The number of benzene rings is 2. The first-order valence-electron chi connectivity index (χ1n) is 8.72. The van der Waals surface area contributed by atoms with E-state index in [4.69, 9.17) is 11.6 Å². The van der Waals surface area contributed by atoms with Gasteiger partial charge in [-0.05, 0) is 36.4 Å². The molecule has 0 spiro atoms. The third-order valence-corrected chi connectivity index (χ3v) is 7.37. The Bertz CT molecular complexity index is 1080. The van der Waals surface area contributed by atoms with Crippen molar-refractivity contribution in [3.8, 4) is 0 Å². The van der Waals surface area contributed by atoms with Gasteiger partial charge in [-0.3, -0.25) is 9.59 Å². The second kappa shape index (κ2) is 8.73. The van der Waals surface area contributed by atoms with Crippen molar-refractivity contribution in [3.05, 3.63) is 47.2 Å². The smallest absolute Gasteiger partial charge is 0.225 e. The molecule has 2 N–H and O–H groups in total. The number of rotatable bonds is 5. The number of hydrogen-bond donors (Lipinski definition) is 2. The molecule has 154 valence electrons. The number of halogens is 2. The van der Waals surface area contributed by atoms with Crippen LogP contribution < -0.4 is 10.6 Å². The van der Waals surface area contributed by atoms with Crippen molar-refractivity contribution in [1.29, 1.82) is 0 Å². The van der Waals surface area contributed by atoms with E-state index in [0.717, 1.165) is 11.0 Å². The van der Waals surface area contributed by atoms with Gasteiger partial charge in [-0.1, -0.05) is 18.5 Å². The molecule has 1 heterocycles. The Balaban J connectivity index is 1.68. The summed E-state index contributed by atoms with van der Waals surface area (Å²) in [5, 5.41) is 5.16. The molecule has 2 aromatic rings. The van der Waals surface area contributed by atoms with E-state index in [1.54, 1.807) is 6.07 Å². The molecule has 3 rings (SSSR count). The first-order chi connectivity index (χ1) is 13.6. The zero-order chi connectivity index (χ0) is 21.2. The highest BCUT2D eigenvalue weighted by atomic mass is 35.5. The minimum Gasteiger partial charge on any atom is -0.326 e. The standard InChI is InChI=1S/C19H18ClFN2O4S2/c1-11-8-19(25)23-16-10-13(3-5-17(16)28-11)29(26,27)7-6-18(24)22-12-2-4-15(21)14(20)9-12/h2-5,9-11H,6-8H2,1H3,(H,22,24)(H,23,25). The van der Waals surface area contributed by atoms with Crippen LogP contribution in [0.3, 0.4) is 0 Å². The van der Waals surface area contributed by atoms with Gasteiger partial charge in [-0.15, -0.1) is 11.8 Å². The first-order valence-corrected chi connectivity index (χ1v) is 11.6. The molecule has 0 saturated heterocycles. The molecule has 29 heavy (non-hydrogen) atoms. The fraction of sp³-hybridized carbons (Fsp3) is 0.263. The minimum atomic E-state index is -3.75. The van der Waals surface area contributed by atoms with E-state index in [0.29, 0.717) is 12.1 Å². The number of hydrogen-bond acceptors (Lipinski definition) is 5. The van der Waals surface area contributed by atoms with Gasteiger partial charge in [0, 0.05) is 28.7 Å². The highest BCUT2D eigenvalue weighted by molar-refractivity contribution is 8.00. The summed E-state index contributed by atoms with van der Waals surface area (Å²) in [5.41, 5.74) is 0.730. The molecule has 2 aromatic carbocycles. The molecule has 0 radical (unpaired) electrons. The molecular formula is C19H18ClFN2O4S2. The van der Waals surface area contributed by atoms with E-state index in [-0.39, 0.29) is 33.2 Å². The third-order valence-electron chi connectivity index (χ3n) is 4.19. The minimum absolute atomic E-state index is 0.0318. The van der Waals surface area contributed by atoms with Crippen LogP contribution in [0.15, 0.2) is 46.2 Å². The Morgan fingerprint density at radius 2 is 2.07 bits per heavy atom. The Kier molecular flexibility index (Phi) is 6.50. The van der Waals surface area contributed by atoms with E-state index < -0.39 is 27.3 Å². The van der Waals surface area contributed by atoms with Crippen LogP contribution in [0, 0.1) is 5.82 Å². The lowest BCUT2D eigenvalue weighted by atomic mass is 10.3. The molecule has 1 atom stereocenters. The molecule has 1 aliphatic heterocycles. The molecule has 0 aromatic heterocycles. The van der Waals surface area contributed by atoms with Crippen molar-refractivity contribution < 1.29 is 22.4 Å². The second-order valence-electron chi connectivity index (χ2n) is 6.58. The van der Waals surface area contributed by atoms with Crippen molar-refractivity contribution in [3.63, 3.8) is 0 Å². The molecule has 1 aliphatic rings. The van der Waals surface area contributed by atoms with Crippen LogP contribution in [0.1, 0.15) is 19.8 Å². The molecule has 0 fully saturated rings. The van der Waals surface area contributed by atoms with Gasteiger partial charge in [0.25, 0.3) is 0 Å². The molecule has 2 amide bonds. The van der Waals surface area contributed by atoms with Gasteiger partial charge in [0.1, 0.15) is 5.82 Å². The topological polar surface area (TPSA) is 92.3 Å². The Morgan fingerprint density at radius 3 is 2.79 bits per heavy atom. The fourth-order valence-corrected chi connectivity index (χ4v) is 5.26. The van der Waals surface area contributed by atoms with E-state index in [2.05, 4.69) is 10.6 Å². The maximum atomic E-state index is 13.2. The number of nitrogens with one attached hydrogen (secondary N) is 2. The SMILES string of the molecule is CC1CC(=O)Nc2cc(S(=O)(=O)CCC(=O)Nc3ccc(F)c(Cl)c3)ccc2S1. The number of sulfone groups is 1. The second-order valence-corrected chi connectivity index (χ2v) is 10.6. The Hall–Kier alpha value is -2.10. The molecular weight excluding hydrogens is 439 g/mol. The monoisotopic (exact) mass is 456 g/mol. The Morgan fingerprint density at radius 1 is 1.31 bits per heavy atom. The van der Waals surface area contributed by atoms with Crippen molar-refractivity contribution >= 4 is 56.4 Å². The van der Waals surface area contributed by atoms with Gasteiger partial charge in [-0.2, -0.15) is 0 Å². The third kappa shape index (κ3) is 5.49. The number of anilines is 2. The van der Waals surface area contributed by atoms with Gasteiger partial charge in [-0.25, -0.2) is 12.8 Å².